The Kier molecular flexibility index (Phi) is 7.68. The number of hydrogen-bond donors (Lipinski definition) is 0. The van der Waals surface area contributed by atoms with Crippen LogP contribution in [0.3, 0.4) is 0 Å². The predicted octanol–water partition coefficient (Wildman–Crippen LogP) is 7.18. The van der Waals surface area contributed by atoms with E-state index < -0.39 is 74.1 Å². The van der Waals surface area contributed by atoms with Gasteiger partial charge in [-0.15, -0.1) is 0 Å². The third-order valence-corrected chi connectivity index (χ3v) is 3.29. The van der Waals surface area contributed by atoms with Crippen molar-refractivity contribution in [3.8, 4) is 0 Å². The first-order chi connectivity index (χ1) is 10.8. The average Bonchev–Trinajstić information content (AvgIpc) is 2.18. The van der Waals surface area contributed by atoms with Crippen LogP contribution in [-0.4, -0.2) is 29.6 Å². The summed E-state index contributed by atoms with van der Waals surface area (Å²) in [7, 11) is 0. The summed E-state index contributed by atoms with van der Waals surface area (Å²) in [5.74, 6) is -22.6. The Bertz CT molecular complexity index is 415. The molecule has 0 aliphatic rings. The van der Waals surface area contributed by atoms with E-state index in [1.165, 1.54) is 13.8 Å². The molecule has 152 valence electrons. The normalized spacial score (nSPS) is 15.1. The molecule has 0 nitrogen and oxygen atoms in total. The summed E-state index contributed by atoms with van der Waals surface area (Å²) in [4.78, 5) is 0. The van der Waals surface area contributed by atoms with Crippen molar-refractivity contribution >= 4 is 0 Å². The zero-order valence-corrected chi connectivity index (χ0v) is 14.1. The van der Waals surface area contributed by atoms with Crippen LogP contribution in [0, 0.1) is 5.92 Å². The van der Waals surface area contributed by atoms with Gasteiger partial charge in [0.05, 0.1) is 25.7 Å². The van der Waals surface area contributed by atoms with E-state index in [1.807, 2.05) is 0 Å². The quantitative estimate of drug-likeness (QED) is 0.327. The molecule has 0 N–H and O–H groups in total. The largest absolute Gasteiger partial charge is 0.259 e. The van der Waals surface area contributed by atoms with Gasteiger partial charge in [0.15, 0.2) is 0 Å². The van der Waals surface area contributed by atoms with Gasteiger partial charge in [-0.05, 0) is 5.92 Å². The molecule has 0 aliphatic carbocycles. The third-order valence-electron chi connectivity index (χ3n) is 3.29. The molecule has 0 rings (SSSR count). The molecule has 0 aromatic rings. The van der Waals surface area contributed by atoms with Crippen molar-refractivity contribution in [1.29, 1.82) is 0 Å². The van der Waals surface area contributed by atoms with E-state index in [0.717, 1.165) is 6.92 Å². The van der Waals surface area contributed by atoms with Gasteiger partial charge in [0.1, 0.15) is 0 Å². The van der Waals surface area contributed by atoms with Crippen LogP contribution < -0.4 is 0 Å². The number of rotatable bonds is 11. The van der Waals surface area contributed by atoms with Crippen molar-refractivity contribution in [2.45, 2.75) is 88.9 Å². The molecule has 0 aromatic carbocycles. The summed E-state index contributed by atoms with van der Waals surface area (Å²) < 4.78 is 133. The lowest BCUT2D eigenvalue weighted by Crippen LogP contribution is -2.40. The maximum atomic E-state index is 13.5. The van der Waals surface area contributed by atoms with Crippen molar-refractivity contribution in [3.05, 3.63) is 0 Å². The van der Waals surface area contributed by atoms with Crippen LogP contribution in [0.2, 0.25) is 0 Å². The van der Waals surface area contributed by atoms with Crippen LogP contribution in [0.15, 0.2) is 0 Å². The highest BCUT2D eigenvalue weighted by Crippen LogP contribution is 2.46. The molecular weight excluding hydrogens is 370 g/mol. The summed E-state index contributed by atoms with van der Waals surface area (Å²) in [6.07, 6.45) is -11.6. The van der Waals surface area contributed by atoms with Gasteiger partial charge < -0.3 is 0 Å². The molecule has 0 aliphatic heterocycles. The monoisotopic (exact) mass is 392 g/mol. The van der Waals surface area contributed by atoms with Crippen LogP contribution in [-0.2, 0) is 0 Å². The smallest absolute Gasteiger partial charge is 0.207 e. The average molecular weight is 392 g/mol. The molecule has 10 heteroatoms. The van der Waals surface area contributed by atoms with Gasteiger partial charge in [0, 0.05) is 12.8 Å². The summed E-state index contributed by atoms with van der Waals surface area (Å²) in [5, 5.41) is 0. The summed E-state index contributed by atoms with van der Waals surface area (Å²) in [6, 6.07) is 0. The maximum Gasteiger partial charge on any atom is 0.259 e. The molecule has 0 aromatic heterocycles. The second-order valence-corrected chi connectivity index (χ2v) is 6.94. The van der Waals surface area contributed by atoms with E-state index in [0.29, 0.717) is 0 Å². The topological polar surface area (TPSA) is 0 Å². The van der Waals surface area contributed by atoms with Crippen LogP contribution in [0.4, 0.5) is 43.9 Å². The van der Waals surface area contributed by atoms with Crippen molar-refractivity contribution in [2.75, 3.05) is 0 Å². The fourth-order valence-electron chi connectivity index (χ4n) is 2.50. The lowest BCUT2D eigenvalue weighted by molar-refractivity contribution is -0.193. The van der Waals surface area contributed by atoms with E-state index in [2.05, 4.69) is 0 Å². The minimum Gasteiger partial charge on any atom is -0.207 e. The molecule has 0 saturated heterocycles. The van der Waals surface area contributed by atoms with Gasteiger partial charge in [-0.3, -0.25) is 0 Å². The highest BCUT2D eigenvalue weighted by Gasteiger charge is 2.54. The van der Waals surface area contributed by atoms with Gasteiger partial charge in [-0.25, -0.2) is 43.9 Å². The zero-order valence-electron chi connectivity index (χ0n) is 14.1. The molecule has 0 bridgehead atoms. The van der Waals surface area contributed by atoms with Gasteiger partial charge in [0.25, 0.3) is 29.6 Å². The standard InChI is InChI=1S/C15H22F10/c1-4-11(16,17)6-13(20,21)8-15(24,25)9-14(22,23)7-12(18,19)5-10(2)3/h10H,4-9H2,1-3H3. The van der Waals surface area contributed by atoms with Gasteiger partial charge in [-0.1, -0.05) is 20.8 Å². The van der Waals surface area contributed by atoms with E-state index in [-0.39, 0.29) is 0 Å². The fourth-order valence-corrected chi connectivity index (χ4v) is 2.50. The van der Waals surface area contributed by atoms with Crippen molar-refractivity contribution in [3.63, 3.8) is 0 Å². The summed E-state index contributed by atoms with van der Waals surface area (Å²) in [6.45, 7) is 3.49. The molecule has 0 radical (unpaired) electrons. The molecule has 0 heterocycles. The second-order valence-electron chi connectivity index (χ2n) is 6.94. The predicted molar refractivity (Wildman–Crippen MR) is 72.9 cm³/mol. The van der Waals surface area contributed by atoms with Gasteiger partial charge >= 0.3 is 0 Å². The Balaban J connectivity index is 4.98. The molecule has 25 heavy (non-hydrogen) atoms. The fraction of sp³-hybridized carbons (Fsp3) is 1.00. The molecule has 0 fully saturated rings. The Morgan fingerprint density at radius 2 is 0.800 bits per heavy atom. The van der Waals surface area contributed by atoms with Crippen molar-refractivity contribution in [1.82, 2.24) is 0 Å². The lowest BCUT2D eigenvalue weighted by atomic mass is 9.93. The Labute approximate surface area is 140 Å². The summed E-state index contributed by atoms with van der Waals surface area (Å²) >= 11 is 0. The van der Waals surface area contributed by atoms with Crippen molar-refractivity contribution in [2.24, 2.45) is 5.92 Å². The third kappa shape index (κ3) is 10.8. The number of alkyl halides is 10. The van der Waals surface area contributed by atoms with E-state index in [4.69, 9.17) is 0 Å². The minimum atomic E-state index is -4.77. The minimum absolute atomic E-state index is 0.688. The number of hydrogen-bond acceptors (Lipinski definition) is 0. The number of halogens is 10. The van der Waals surface area contributed by atoms with E-state index in [1.54, 1.807) is 0 Å². The molecule has 0 unspecified atom stereocenters. The van der Waals surface area contributed by atoms with Crippen molar-refractivity contribution < 1.29 is 43.9 Å². The maximum absolute atomic E-state index is 13.5. The Hall–Kier alpha value is -0.700. The van der Waals surface area contributed by atoms with Crippen LogP contribution in [0.5, 0.6) is 0 Å². The van der Waals surface area contributed by atoms with E-state index >= 15 is 0 Å². The SMILES string of the molecule is CCC(F)(F)CC(F)(F)CC(F)(F)CC(F)(F)CC(F)(F)CC(C)C. The highest BCUT2D eigenvalue weighted by atomic mass is 19.3. The van der Waals surface area contributed by atoms with E-state index in [9.17, 15) is 43.9 Å². The second kappa shape index (κ2) is 7.90. The first kappa shape index (κ1) is 24.3. The molecule has 0 amide bonds. The van der Waals surface area contributed by atoms with Crippen LogP contribution in [0.1, 0.15) is 59.3 Å². The first-order valence-electron chi connectivity index (χ1n) is 7.70. The van der Waals surface area contributed by atoms with Gasteiger partial charge in [-0.2, -0.15) is 0 Å². The summed E-state index contributed by atoms with van der Waals surface area (Å²) in [5.41, 5.74) is 0. The van der Waals surface area contributed by atoms with Crippen LogP contribution >= 0.6 is 0 Å². The molecule has 0 saturated carbocycles. The zero-order chi connectivity index (χ0) is 20.3. The first-order valence-corrected chi connectivity index (χ1v) is 7.70. The molecular formula is C15H22F10. The highest BCUT2D eigenvalue weighted by molar-refractivity contribution is 4.88. The molecule has 0 atom stereocenters. The van der Waals surface area contributed by atoms with Crippen LogP contribution in [0.25, 0.3) is 0 Å². The Morgan fingerprint density at radius 3 is 1.08 bits per heavy atom. The van der Waals surface area contributed by atoms with Gasteiger partial charge in [0.2, 0.25) is 0 Å². The Morgan fingerprint density at radius 1 is 0.520 bits per heavy atom. The molecule has 0 spiro atoms. The lowest BCUT2D eigenvalue weighted by Gasteiger charge is -2.30.